The van der Waals surface area contributed by atoms with E-state index in [0.717, 1.165) is 17.5 Å². The summed E-state index contributed by atoms with van der Waals surface area (Å²) in [4.78, 5) is 23.4. The molecule has 0 radical (unpaired) electrons. The Morgan fingerprint density at radius 3 is 2.89 bits per heavy atom. The SMILES string of the molecule is COC(=O)C(C)NC(=O)C1OCCc2ccccc21. The van der Waals surface area contributed by atoms with Crippen LogP contribution < -0.4 is 5.32 Å². The Morgan fingerprint density at radius 1 is 1.42 bits per heavy atom. The van der Waals surface area contributed by atoms with Crippen molar-refractivity contribution in [3.8, 4) is 0 Å². The van der Waals surface area contributed by atoms with Crippen LogP contribution in [-0.2, 0) is 25.5 Å². The molecule has 5 nitrogen and oxygen atoms in total. The average Bonchev–Trinajstić information content (AvgIpc) is 2.45. The van der Waals surface area contributed by atoms with Crippen LogP contribution >= 0.6 is 0 Å². The molecule has 1 aliphatic rings. The average molecular weight is 263 g/mol. The summed E-state index contributed by atoms with van der Waals surface area (Å²) >= 11 is 0. The third-order valence-corrected chi connectivity index (χ3v) is 3.15. The molecule has 19 heavy (non-hydrogen) atoms. The third kappa shape index (κ3) is 2.93. The van der Waals surface area contributed by atoms with E-state index in [1.54, 1.807) is 6.92 Å². The van der Waals surface area contributed by atoms with Crippen molar-refractivity contribution in [2.75, 3.05) is 13.7 Å². The molecule has 1 aromatic rings. The van der Waals surface area contributed by atoms with Crippen LogP contribution in [0.1, 0.15) is 24.2 Å². The standard InChI is InChI=1S/C14H17NO4/c1-9(14(17)18-2)15-13(16)12-11-6-4-3-5-10(11)7-8-19-12/h3-6,9,12H,7-8H2,1-2H3,(H,15,16). The van der Waals surface area contributed by atoms with Gasteiger partial charge in [-0.3, -0.25) is 4.79 Å². The molecule has 1 aromatic carbocycles. The van der Waals surface area contributed by atoms with Gasteiger partial charge in [0, 0.05) is 0 Å². The number of esters is 1. The number of carbonyl (C=O) groups excluding carboxylic acids is 2. The Hall–Kier alpha value is -1.88. The van der Waals surface area contributed by atoms with Crippen LogP contribution in [0.15, 0.2) is 24.3 Å². The predicted octanol–water partition coefficient (Wildman–Crippen LogP) is 0.978. The minimum atomic E-state index is -0.685. The monoisotopic (exact) mass is 263 g/mol. The van der Waals surface area contributed by atoms with Gasteiger partial charge < -0.3 is 14.8 Å². The van der Waals surface area contributed by atoms with Gasteiger partial charge in [-0.25, -0.2) is 4.79 Å². The molecule has 1 amide bonds. The largest absolute Gasteiger partial charge is 0.467 e. The maximum atomic E-state index is 12.1. The van der Waals surface area contributed by atoms with Gasteiger partial charge in [-0.1, -0.05) is 24.3 Å². The van der Waals surface area contributed by atoms with Crippen LogP contribution in [0, 0.1) is 0 Å². The highest BCUT2D eigenvalue weighted by Gasteiger charge is 2.29. The van der Waals surface area contributed by atoms with Gasteiger partial charge in [0.2, 0.25) is 0 Å². The van der Waals surface area contributed by atoms with Gasteiger partial charge in [-0.05, 0) is 24.5 Å². The number of hydrogen-bond acceptors (Lipinski definition) is 4. The van der Waals surface area contributed by atoms with Gasteiger partial charge in [-0.15, -0.1) is 0 Å². The topological polar surface area (TPSA) is 64.6 Å². The number of fused-ring (bicyclic) bond motifs is 1. The van der Waals surface area contributed by atoms with E-state index in [1.165, 1.54) is 7.11 Å². The molecule has 5 heteroatoms. The Balaban J connectivity index is 2.11. The van der Waals surface area contributed by atoms with E-state index < -0.39 is 18.1 Å². The Morgan fingerprint density at radius 2 is 2.16 bits per heavy atom. The Bertz CT molecular complexity index is 486. The smallest absolute Gasteiger partial charge is 0.328 e. The van der Waals surface area contributed by atoms with Crippen LogP contribution in [0.4, 0.5) is 0 Å². The molecular weight excluding hydrogens is 246 g/mol. The maximum Gasteiger partial charge on any atom is 0.328 e. The van der Waals surface area contributed by atoms with E-state index in [-0.39, 0.29) is 5.91 Å². The number of hydrogen-bond donors (Lipinski definition) is 1. The second kappa shape index (κ2) is 5.84. The fourth-order valence-corrected chi connectivity index (χ4v) is 2.14. The minimum absolute atomic E-state index is 0.315. The molecule has 2 unspecified atom stereocenters. The second-order valence-corrected chi connectivity index (χ2v) is 4.45. The summed E-state index contributed by atoms with van der Waals surface area (Å²) < 4.78 is 10.1. The molecule has 2 rings (SSSR count). The van der Waals surface area contributed by atoms with Crippen molar-refractivity contribution in [1.82, 2.24) is 5.32 Å². The lowest BCUT2D eigenvalue weighted by Crippen LogP contribution is -2.43. The number of ether oxygens (including phenoxy) is 2. The minimum Gasteiger partial charge on any atom is -0.467 e. The zero-order chi connectivity index (χ0) is 13.8. The first-order chi connectivity index (χ1) is 9.13. The first-order valence-corrected chi connectivity index (χ1v) is 6.21. The normalized spacial score (nSPS) is 19.2. The molecule has 0 bridgehead atoms. The van der Waals surface area contributed by atoms with Crippen molar-refractivity contribution in [3.05, 3.63) is 35.4 Å². The van der Waals surface area contributed by atoms with Gasteiger partial charge in [0.15, 0.2) is 6.10 Å². The van der Waals surface area contributed by atoms with Crippen LogP contribution in [0.25, 0.3) is 0 Å². The van der Waals surface area contributed by atoms with Crippen molar-refractivity contribution < 1.29 is 19.1 Å². The van der Waals surface area contributed by atoms with Crippen molar-refractivity contribution >= 4 is 11.9 Å². The fourth-order valence-electron chi connectivity index (χ4n) is 2.14. The van der Waals surface area contributed by atoms with Crippen LogP contribution in [-0.4, -0.2) is 31.6 Å². The molecule has 0 fully saturated rings. The van der Waals surface area contributed by atoms with E-state index in [2.05, 4.69) is 10.1 Å². The molecule has 1 N–H and O–H groups in total. The van der Waals surface area contributed by atoms with Crippen LogP contribution in [0.5, 0.6) is 0 Å². The number of rotatable bonds is 3. The molecule has 1 heterocycles. The van der Waals surface area contributed by atoms with Gasteiger partial charge >= 0.3 is 5.97 Å². The first kappa shape index (κ1) is 13.5. The summed E-state index contributed by atoms with van der Waals surface area (Å²) in [6, 6.07) is 6.99. The summed E-state index contributed by atoms with van der Waals surface area (Å²) in [7, 11) is 1.29. The number of amides is 1. The van der Waals surface area contributed by atoms with Crippen molar-refractivity contribution in [1.29, 1.82) is 0 Å². The van der Waals surface area contributed by atoms with Gasteiger partial charge in [0.1, 0.15) is 6.04 Å². The predicted molar refractivity (Wildman–Crippen MR) is 68.5 cm³/mol. The molecule has 0 aromatic heterocycles. The highest BCUT2D eigenvalue weighted by molar-refractivity contribution is 5.87. The quantitative estimate of drug-likeness (QED) is 0.826. The molecule has 0 saturated heterocycles. The zero-order valence-corrected chi connectivity index (χ0v) is 11.0. The van der Waals surface area contributed by atoms with Crippen molar-refractivity contribution in [2.24, 2.45) is 0 Å². The third-order valence-electron chi connectivity index (χ3n) is 3.15. The lowest BCUT2D eigenvalue weighted by molar-refractivity contribution is -0.146. The number of nitrogens with one attached hydrogen (secondary N) is 1. The molecular formula is C14H17NO4. The Labute approximate surface area is 111 Å². The Kier molecular flexibility index (Phi) is 4.16. The van der Waals surface area contributed by atoms with E-state index in [0.29, 0.717) is 6.61 Å². The summed E-state index contributed by atoms with van der Waals surface area (Å²) in [5, 5.41) is 2.60. The summed E-state index contributed by atoms with van der Waals surface area (Å²) in [5.74, 6) is -0.789. The van der Waals surface area contributed by atoms with Crippen molar-refractivity contribution in [3.63, 3.8) is 0 Å². The molecule has 102 valence electrons. The van der Waals surface area contributed by atoms with Crippen molar-refractivity contribution in [2.45, 2.75) is 25.5 Å². The fraction of sp³-hybridized carbons (Fsp3) is 0.429. The number of benzene rings is 1. The first-order valence-electron chi connectivity index (χ1n) is 6.21. The summed E-state index contributed by atoms with van der Waals surface area (Å²) in [5.41, 5.74) is 1.97. The van der Waals surface area contributed by atoms with Gasteiger partial charge in [0.05, 0.1) is 13.7 Å². The van der Waals surface area contributed by atoms with Crippen LogP contribution in [0.2, 0.25) is 0 Å². The lowest BCUT2D eigenvalue weighted by atomic mass is 9.97. The van der Waals surface area contributed by atoms with E-state index in [1.807, 2.05) is 24.3 Å². The maximum absolute atomic E-state index is 12.1. The van der Waals surface area contributed by atoms with E-state index in [4.69, 9.17) is 4.74 Å². The molecule has 0 aliphatic carbocycles. The van der Waals surface area contributed by atoms with E-state index >= 15 is 0 Å². The highest BCUT2D eigenvalue weighted by Crippen LogP contribution is 2.26. The van der Waals surface area contributed by atoms with Gasteiger partial charge in [0.25, 0.3) is 5.91 Å². The zero-order valence-electron chi connectivity index (χ0n) is 11.0. The summed E-state index contributed by atoms with van der Waals surface area (Å²) in [6.45, 7) is 2.08. The van der Waals surface area contributed by atoms with E-state index in [9.17, 15) is 9.59 Å². The number of carbonyl (C=O) groups is 2. The molecule has 2 atom stereocenters. The van der Waals surface area contributed by atoms with Crippen LogP contribution in [0.3, 0.4) is 0 Å². The highest BCUT2D eigenvalue weighted by atomic mass is 16.5. The lowest BCUT2D eigenvalue weighted by Gasteiger charge is -2.26. The number of methoxy groups -OCH3 is 1. The second-order valence-electron chi connectivity index (χ2n) is 4.45. The summed E-state index contributed by atoms with van der Waals surface area (Å²) in [6.07, 6.45) is 0.143. The van der Waals surface area contributed by atoms with Gasteiger partial charge in [-0.2, -0.15) is 0 Å². The molecule has 0 saturated carbocycles. The molecule has 0 spiro atoms. The molecule has 1 aliphatic heterocycles.